The molecule has 17 heavy (non-hydrogen) atoms. The lowest BCUT2D eigenvalue weighted by Crippen LogP contribution is -1.98. The fraction of sp³-hybridized carbons (Fsp3) is 0.182. The number of hydrogen-bond donors (Lipinski definition) is 2. The molecule has 0 saturated heterocycles. The van der Waals surface area contributed by atoms with Crippen molar-refractivity contribution < 1.29 is 9.84 Å². The predicted octanol–water partition coefficient (Wildman–Crippen LogP) is 2.04. The molecule has 2 rings (SSSR count). The van der Waals surface area contributed by atoms with Crippen LogP contribution in [0.5, 0.6) is 11.5 Å². The van der Waals surface area contributed by atoms with Crippen molar-refractivity contribution in [2.45, 2.75) is 0 Å². The molecule has 3 N–H and O–H groups in total. The van der Waals surface area contributed by atoms with Crippen LogP contribution in [0.25, 0.3) is 11.1 Å². The number of phenols is 1. The molecule has 5 nitrogen and oxygen atoms in total. The van der Waals surface area contributed by atoms with E-state index in [1.165, 1.54) is 17.9 Å². The number of aromatic nitrogens is 2. The van der Waals surface area contributed by atoms with Crippen molar-refractivity contribution in [2.75, 3.05) is 12.8 Å². The Hall–Kier alpha value is -1.88. The maximum atomic E-state index is 9.90. The molecule has 0 atom stereocenters. The molecule has 0 amide bonds. The normalized spacial score (nSPS) is 10.5. The highest BCUT2D eigenvalue weighted by atomic mass is 35.5. The topological polar surface area (TPSA) is 73.3 Å². The molecular formula is C11H12ClN3O2. The van der Waals surface area contributed by atoms with Gasteiger partial charge in [0.2, 0.25) is 0 Å². The van der Waals surface area contributed by atoms with E-state index in [1.54, 1.807) is 19.3 Å². The van der Waals surface area contributed by atoms with Crippen molar-refractivity contribution in [3.63, 3.8) is 0 Å². The lowest BCUT2D eigenvalue weighted by molar-refractivity contribution is 0.408. The molecule has 0 unspecified atom stereocenters. The second-order valence-corrected chi connectivity index (χ2v) is 3.98. The molecule has 0 aliphatic carbocycles. The molecule has 2 aromatic rings. The zero-order chi connectivity index (χ0) is 12.6. The van der Waals surface area contributed by atoms with Crippen LogP contribution in [0.2, 0.25) is 5.02 Å². The van der Waals surface area contributed by atoms with E-state index in [1.807, 2.05) is 0 Å². The average molecular weight is 254 g/mol. The molecule has 1 aromatic heterocycles. The van der Waals surface area contributed by atoms with Gasteiger partial charge in [0.25, 0.3) is 0 Å². The Bertz CT molecular complexity index is 566. The van der Waals surface area contributed by atoms with E-state index in [-0.39, 0.29) is 5.75 Å². The molecule has 1 aromatic carbocycles. The summed E-state index contributed by atoms with van der Waals surface area (Å²) in [6.07, 6.45) is 1.58. The Morgan fingerprint density at radius 3 is 2.65 bits per heavy atom. The van der Waals surface area contributed by atoms with Crippen molar-refractivity contribution >= 4 is 17.4 Å². The van der Waals surface area contributed by atoms with Crippen LogP contribution in [0, 0.1) is 0 Å². The largest absolute Gasteiger partial charge is 0.507 e. The van der Waals surface area contributed by atoms with Gasteiger partial charge >= 0.3 is 0 Å². The Labute approximate surface area is 103 Å². The molecule has 0 fully saturated rings. The third kappa shape index (κ3) is 1.89. The summed E-state index contributed by atoms with van der Waals surface area (Å²) < 4.78 is 6.53. The number of ether oxygens (including phenoxy) is 1. The lowest BCUT2D eigenvalue weighted by atomic mass is 10.1. The third-order valence-electron chi connectivity index (χ3n) is 2.54. The van der Waals surface area contributed by atoms with E-state index in [9.17, 15) is 5.11 Å². The summed E-state index contributed by atoms with van der Waals surface area (Å²) in [5, 5.41) is 14.3. The van der Waals surface area contributed by atoms with E-state index in [0.717, 1.165) is 0 Å². The van der Waals surface area contributed by atoms with Crippen LogP contribution in [0.3, 0.4) is 0 Å². The number of nitrogen functional groups attached to an aromatic ring is 1. The van der Waals surface area contributed by atoms with Crippen molar-refractivity contribution in [1.29, 1.82) is 0 Å². The second kappa shape index (κ2) is 4.18. The van der Waals surface area contributed by atoms with Crippen LogP contribution in [0.4, 0.5) is 5.82 Å². The average Bonchev–Trinajstić information content (AvgIpc) is 2.63. The Morgan fingerprint density at radius 1 is 1.41 bits per heavy atom. The smallest absolute Gasteiger partial charge is 0.141 e. The minimum absolute atomic E-state index is 0.0472. The number of methoxy groups -OCH3 is 1. The first-order chi connectivity index (χ1) is 8.04. The summed E-state index contributed by atoms with van der Waals surface area (Å²) in [6.45, 7) is 0. The van der Waals surface area contributed by atoms with Crippen LogP contribution in [0.15, 0.2) is 18.3 Å². The van der Waals surface area contributed by atoms with Gasteiger partial charge in [0, 0.05) is 24.2 Å². The van der Waals surface area contributed by atoms with Gasteiger partial charge in [0.1, 0.15) is 17.3 Å². The number of rotatable bonds is 2. The van der Waals surface area contributed by atoms with Gasteiger partial charge in [-0.3, -0.25) is 4.68 Å². The molecule has 0 aliphatic heterocycles. The van der Waals surface area contributed by atoms with Crippen LogP contribution >= 0.6 is 11.6 Å². The fourth-order valence-corrected chi connectivity index (χ4v) is 1.81. The van der Waals surface area contributed by atoms with E-state index < -0.39 is 0 Å². The van der Waals surface area contributed by atoms with Gasteiger partial charge in [0.15, 0.2) is 0 Å². The maximum absolute atomic E-state index is 9.90. The molecule has 0 bridgehead atoms. The van der Waals surface area contributed by atoms with Gasteiger partial charge in [-0.25, -0.2) is 0 Å². The van der Waals surface area contributed by atoms with E-state index in [4.69, 9.17) is 22.1 Å². The van der Waals surface area contributed by atoms with Gasteiger partial charge < -0.3 is 15.6 Å². The molecule has 0 saturated carbocycles. The quantitative estimate of drug-likeness (QED) is 0.859. The Morgan fingerprint density at radius 2 is 2.12 bits per heavy atom. The van der Waals surface area contributed by atoms with Gasteiger partial charge in [-0.2, -0.15) is 5.10 Å². The number of hydrogen-bond acceptors (Lipinski definition) is 4. The zero-order valence-corrected chi connectivity index (χ0v) is 10.2. The third-order valence-corrected chi connectivity index (χ3v) is 2.84. The van der Waals surface area contributed by atoms with Gasteiger partial charge in [0.05, 0.1) is 18.3 Å². The minimum atomic E-state index is 0.0472. The maximum Gasteiger partial charge on any atom is 0.141 e. The summed E-state index contributed by atoms with van der Waals surface area (Å²) in [7, 11) is 3.21. The standard InChI is InChI=1S/C11H12ClN3O2/c1-15-11(13)7(5-14-15)6-3-8(12)10(17-2)4-9(6)16/h3-5,16H,13H2,1-2H3. The zero-order valence-electron chi connectivity index (χ0n) is 9.44. The summed E-state index contributed by atoms with van der Waals surface area (Å²) in [5.41, 5.74) is 7.00. The van der Waals surface area contributed by atoms with Crippen LogP contribution in [-0.2, 0) is 7.05 Å². The number of nitrogens with two attached hydrogens (primary N) is 1. The summed E-state index contributed by atoms with van der Waals surface area (Å²) >= 11 is 6.01. The number of benzene rings is 1. The molecule has 0 aliphatic rings. The van der Waals surface area contributed by atoms with Crippen LogP contribution in [0.1, 0.15) is 0 Å². The summed E-state index contributed by atoms with van der Waals surface area (Å²) in [4.78, 5) is 0. The van der Waals surface area contributed by atoms with Crippen LogP contribution in [-0.4, -0.2) is 22.0 Å². The highest BCUT2D eigenvalue weighted by Crippen LogP contribution is 2.39. The monoisotopic (exact) mass is 253 g/mol. The van der Waals surface area contributed by atoms with Gasteiger partial charge in [-0.1, -0.05) is 11.6 Å². The number of nitrogens with zero attached hydrogens (tertiary/aromatic N) is 2. The SMILES string of the molecule is COc1cc(O)c(-c2cnn(C)c2N)cc1Cl. The fourth-order valence-electron chi connectivity index (χ4n) is 1.57. The molecular weight excluding hydrogens is 242 g/mol. The second-order valence-electron chi connectivity index (χ2n) is 3.57. The molecule has 1 heterocycles. The highest BCUT2D eigenvalue weighted by Gasteiger charge is 2.14. The van der Waals surface area contributed by atoms with E-state index in [0.29, 0.717) is 27.7 Å². The van der Waals surface area contributed by atoms with Crippen molar-refractivity contribution in [1.82, 2.24) is 9.78 Å². The Balaban J connectivity index is 2.60. The predicted molar refractivity (Wildman–Crippen MR) is 66.3 cm³/mol. The number of phenolic OH excluding ortho intramolecular Hbond substituents is 1. The number of aromatic hydroxyl groups is 1. The first kappa shape index (κ1) is 11.6. The molecule has 0 spiro atoms. The number of halogens is 1. The summed E-state index contributed by atoms with van der Waals surface area (Å²) in [6, 6.07) is 3.05. The van der Waals surface area contributed by atoms with Crippen molar-refractivity contribution in [2.24, 2.45) is 7.05 Å². The molecule has 0 radical (unpaired) electrons. The number of aryl methyl sites for hydroxylation is 1. The van der Waals surface area contributed by atoms with Crippen molar-refractivity contribution in [3.05, 3.63) is 23.4 Å². The molecule has 90 valence electrons. The van der Waals surface area contributed by atoms with Gasteiger partial charge in [-0.15, -0.1) is 0 Å². The van der Waals surface area contributed by atoms with E-state index in [2.05, 4.69) is 5.10 Å². The lowest BCUT2D eigenvalue weighted by Gasteiger charge is -2.08. The minimum Gasteiger partial charge on any atom is -0.507 e. The van der Waals surface area contributed by atoms with Gasteiger partial charge in [-0.05, 0) is 6.07 Å². The first-order valence-electron chi connectivity index (χ1n) is 4.89. The van der Waals surface area contributed by atoms with E-state index >= 15 is 0 Å². The van der Waals surface area contributed by atoms with Crippen molar-refractivity contribution in [3.8, 4) is 22.6 Å². The first-order valence-corrected chi connectivity index (χ1v) is 5.26. The highest BCUT2D eigenvalue weighted by molar-refractivity contribution is 6.32. The number of anilines is 1. The van der Waals surface area contributed by atoms with Crippen LogP contribution < -0.4 is 10.5 Å². The summed E-state index contributed by atoms with van der Waals surface area (Å²) in [5.74, 6) is 0.919. The molecule has 6 heteroatoms. The Kier molecular flexibility index (Phi) is 2.85.